The monoisotopic (exact) mass is 514 g/mol. The molecule has 0 radical (unpaired) electrons. The van der Waals surface area contributed by atoms with Crippen LogP contribution >= 0.6 is 39.9 Å². The topological polar surface area (TPSA) is 71.8 Å². The van der Waals surface area contributed by atoms with E-state index in [2.05, 4.69) is 21.4 Å². The summed E-state index contributed by atoms with van der Waals surface area (Å²) in [6.45, 7) is 0. The minimum Gasteiger partial charge on any atom is -0.497 e. The molecule has 1 N–H and O–H groups in total. The molecule has 0 saturated carbocycles. The third kappa shape index (κ3) is 4.73. The molecule has 0 atom stereocenters. The van der Waals surface area contributed by atoms with Crippen molar-refractivity contribution in [1.82, 2.24) is 10.4 Å². The van der Waals surface area contributed by atoms with Gasteiger partial charge < -0.3 is 9.15 Å². The van der Waals surface area contributed by atoms with E-state index in [0.29, 0.717) is 27.7 Å². The number of thiocarbonyl (C=S) groups is 1. The van der Waals surface area contributed by atoms with Gasteiger partial charge in [0.2, 0.25) is 0 Å². The Balaban J connectivity index is 1.48. The average molecular weight is 515 g/mol. The van der Waals surface area contributed by atoms with E-state index in [4.69, 9.17) is 21.4 Å². The maximum Gasteiger partial charge on any atom is 0.285 e. The van der Waals surface area contributed by atoms with Crippen molar-refractivity contribution in [2.75, 3.05) is 7.11 Å². The Morgan fingerprint density at radius 1 is 1.13 bits per heavy atom. The number of benzene rings is 2. The zero-order valence-electron chi connectivity index (χ0n) is 16.1. The first-order valence-corrected chi connectivity index (χ1v) is 11.0. The number of halogens is 1. The fourth-order valence-corrected chi connectivity index (χ4v) is 4.23. The summed E-state index contributed by atoms with van der Waals surface area (Å²) >= 11 is 9.77. The van der Waals surface area contributed by atoms with Crippen molar-refractivity contribution in [3.8, 4) is 17.1 Å². The average Bonchev–Trinajstić information content (AvgIpc) is 3.34. The molecule has 4 rings (SSSR count). The number of methoxy groups -OCH3 is 1. The number of nitrogens with one attached hydrogen (secondary N) is 1. The molecule has 1 aliphatic heterocycles. The molecule has 0 unspecified atom stereocenters. The SMILES string of the molecule is COc1ccc(C(=O)NN2C(=O)/C(=C\c3ccc(-c4ccc(Br)cc4)o3)SC2=S)cc1. The van der Waals surface area contributed by atoms with Crippen molar-refractivity contribution in [2.45, 2.75) is 0 Å². The van der Waals surface area contributed by atoms with E-state index in [1.54, 1.807) is 43.5 Å². The Labute approximate surface area is 196 Å². The molecule has 1 aliphatic rings. The Morgan fingerprint density at radius 2 is 1.84 bits per heavy atom. The summed E-state index contributed by atoms with van der Waals surface area (Å²) < 4.78 is 12.1. The van der Waals surface area contributed by atoms with Crippen LogP contribution in [-0.2, 0) is 4.79 Å². The van der Waals surface area contributed by atoms with Crippen LogP contribution < -0.4 is 10.2 Å². The summed E-state index contributed by atoms with van der Waals surface area (Å²) in [5.74, 6) is 0.960. The molecule has 2 aromatic carbocycles. The molecular weight excluding hydrogens is 500 g/mol. The van der Waals surface area contributed by atoms with Crippen LogP contribution in [0.25, 0.3) is 17.4 Å². The van der Waals surface area contributed by atoms with Crippen molar-refractivity contribution >= 4 is 62.1 Å². The zero-order valence-corrected chi connectivity index (χ0v) is 19.3. The van der Waals surface area contributed by atoms with Crippen molar-refractivity contribution in [3.05, 3.63) is 81.4 Å². The predicted molar refractivity (Wildman–Crippen MR) is 127 cm³/mol. The highest BCUT2D eigenvalue weighted by atomic mass is 79.9. The van der Waals surface area contributed by atoms with Gasteiger partial charge in [-0.05, 0) is 60.7 Å². The molecule has 1 aromatic heterocycles. The van der Waals surface area contributed by atoms with Crippen LogP contribution in [0.15, 0.2) is 74.5 Å². The summed E-state index contributed by atoms with van der Waals surface area (Å²) in [7, 11) is 1.54. The van der Waals surface area contributed by atoms with Gasteiger partial charge in [-0.2, -0.15) is 5.01 Å². The zero-order chi connectivity index (χ0) is 22.0. The van der Waals surface area contributed by atoms with Gasteiger partial charge in [0.25, 0.3) is 11.8 Å². The Kier molecular flexibility index (Phi) is 6.26. The lowest BCUT2D eigenvalue weighted by atomic mass is 10.2. The third-order valence-corrected chi connectivity index (χ3v) is 6.22. The summed E-state index contributed by atoms with van der Waals surface area (Å²) in [5.41, 5.74) is 3.85. The molecule has 2 amide bonds. The number of thioether (sulfide) groups is 1. The van der Waals surface area contributed by atoms with E-state index in [0.717, 1.165) is 26.8 Å². The van der Waals surface area contributed by atoms with Crippen molar-refractivity contribution < 1.29 is 18.7 Å². The van der Waals surface area contributed by atoms with Gasteiger partial charge in [0.05, 0.1) is 12.0 Å². The normalized spacial score (nSPS) is 14.9. The molecule has 31 heavy (non-hydrogen) atoms. The molecule has 0 spiro atoms. The van der Waals surface area contributed by atoms with Crippen LogP contribution in [-0.4, -0.2) is 28.3 Å². The van der Waals surface area contributed by atoms with E-state index in [1.807, 2.05) is 30.3 Å². The first-order valence-electron chi connectivity index (χ1n) is 9.03. The van der Waals surface area contributed by atoms with Crippen LogP contribution in [0.4, 0.5) is 0 Å². The van der Waals surface area contributed by atoms with Gasteiger partial charge in [0, 0.05) is 21.7 Å². The van der Waals surface area contributed by atoms with Crippen molar-refractivity contribution in [2.24, 2.45) is 0 Å². The van der Waals surface area contributed by atoms with Gasteiger partial charge in [0.15, 0.2) is 4.32 Å². The summed E-state index contributed by atoms with van der Waals surface area (Å²) in [5, 5.41) is 1.07. The first-order chi connectivity index (χ1) is 14.9. The number of amides is 2. The van der Waals surface area contributed by atoms with E-state index in [9.17, 15) is 9.59 Å². The van der Waals surface area contributed by atoms with Crippen molar-refractivity contribution in [1.29, 1.82) is 0 Å². The molecule has 156 valence electrons. The molecular formula is C22H15BrN2O4S2. The molecule has 9 heteroatoms. The smallest absolute Gasteiger partial charge is 0.285 e. The number of furan rings is 1. The second-order valence-corrected chi connectivity index (χ2v) is 8.99. The fourth-order valence-electron chi connectivity index (χ4n) is 2.80. The third-order valence-electron chi connectivity index (χ3n) is 4.39. The first kappa shape index (κ1) is 21.4. The van der Waals surface area contributed by atoms with E-state index in [-0.39, 0.29) is 4.32 Å². The number of hydrogen-bond acceptors (Lipinski definition) is 6. The minimum absolute atomic E-state index is 0.234. The summed E-state index contributed by atoms with van der Waals surface area (Å²) in [6, 6.07) is 17.9. The van der Waals surface area contributed by atoms with Crippen LogP contribution in [0.5, 0.6) is 5.75 Å². The molecule has 1 fully saturated rings. The Hall–Kier alpha value is -2.88. The number of ether oxygens (including phenoxy) is 1. The lowest BCUT2D eigenvalue weighted by Gasteiger charge is -2.15. The maximum atomic E-state index is 12.8. The second-order valence-electron chi connectivity index (χ2n) is 6.40. The number of hydrazine groups is 1. The Morgan fingerprint density at radius 3 is 2.52 bits per heavy atom. The summed E-state index contributed by atoms with van der Waals surface area (Å²) in [4.78, 5) is 25.6. The van der Waals surface area contributed by atoms with E-state index < -0.39 is 11.8 Å². The number of carbonyl (C=O) groups excluding carboxylic acids is 2. The van der Waals surface area contributed by atoms with Crippen molar-refractivity contribution in [3.63, 3.8) is 0 Å². The van der Waals surface area contributed by atoms with Crippen LogP contribution in [0.3, 0.4) is 0 Å². The number of hydrogen-bond donors (Lipinski definition) is 1. The Bertz CT molecular complexity index is 1190. The highest BCUT2D eigenvalue weighted by Gasteiger charge is 2.34. The van der Waals surface area contributed by atoms with Crippen LogP contribution in [0.1, 0.15) is 16.1 Å². The highest BCUT2D eigenvalue weighted by Crippen LogP contribution is 2.33. The quantitative estimate of drug-likeness (QED) is 0.369. The molecule has 0 aliphatic carbocycles. The van der Waals surface area contributed by atoms with Gasteiger partial charge in [-0.25, -0.2) is 0 Å². The van der Waals surface area contributed by atoms with Gasteiger partial charge in [0.1, 0.15) is 17.3 Å². The van der Waals surface area contributed by atoms with Gasteiger partial charge in [-0.15, -0.1) is 0 Å². The van der Waals surface area contributed by atoms with E-state index in [1.165, 1.54) is 0 Å². The lowest BCUT2D eigenvalue weighted by molar-refractivity contribution is -0.123. The molecule has 3 aromatic rings. The van der Waals surface area contributed by atoms with Crippen LogP contribution in [0.2, 0.25) is 0 Å². The predicted octanol–water partition coefficient (Wildman–Crippen LogP) is 5.26. The minimum atomic E-state index is -0.448. The van der Waals surface area contributed by atoms with E-state index >= 15 is 0 Å². The van der Waals surface area contributed by atoms with Gasteiger partial charge >= 0.3 is 0 Å². The maximum absolute atomic E-state index is 12.8. The standard InChI is InChI=1S/C22H15BrN2O4S2/c1-28-16-8-4-14(5-9-16)20(26)24-25-21(27)19(31-22(25)30)12-17-10-11-18(29-17)13-2-6-15(23)7-3-13/h2-12H,1H3,(H,24,26)/b19-12+. The molecule has 0 bridgehead atoms. The second kappa shape index (κ2) is 9.09. The summed E-state index contributed by atoms with van der Waals surface area (Å²) in [6.07, 6.45) is 1.61. The molecule has 2 heterocycles. The number of nitrogens with zero attached hydrogens (tertiary/aromatic N) is 1. The van der Waals surface area contributed by atoms with Gasteiger partial charge in [-0.3, -0.25) is 15.0 Å². The molecule has 1 saturated heterocycles. The molecule has 6 nitrogen and oxygen atoms in total. The number of carbonyl (C=O) groups is 2. The van der Waals surface area contributed by atoms with Gasteiger partial charge in [-0.1, -0.05) is 39.8 Å². The lowest BCUT2D eigenvalue weighted by Crippen LogP contribution is -2.44. The largest absolute Gasteiger partial charge is 0.497 e. The number of rotatable bonds is 5. The highest BCUT2D eigenvalue weighted by molar-refractivity contribution is 9.10. The fraction of sp³-hybridized carbons (Fsp3) is 0.0455. The van der Waals surface area contributed by atoms with Crippen LogP contribution in [0, 0.1) is 0 Å².